The summed E-state index contributed by atoms with van der Waals surface area (Å²) in [6, 6.07) is 10.8. The lowest BCUT2D eigenvalue weighted by molar-refractivity contribution is 0.0529. The number of nitrogens with one attached hydrogen (secondary N) is 1. The predicted molar refractivity (Wildman–Crippen MR) is 118 cm³/mol. The van der Waals surface area contributed by atoms with Crippen LogP contribution in [0.1, 0.15) is 46.4 Å². The summed E-state index contributed by atoms with van der Waals surface area (Å²) in [5, 5.41) is 5.35. The quantitative estimate of drug-likeness (QED) is 0.468. The molecule has 29 heavy (non-hydrogen) atoms. The Kier molecular flexibility index (Phi) is 6.71. The Morgan fingerprint density at radius 2 is 1.86 bits per heavy atom. The second-order valence-corrected chi connectivity index (χ2v) is 8.75. The highest BCUT2D eigenvalue weighted by Crippen LogP contribution is 2.42. The zero-order chi connectivity index (χ0) is 21.0. The van der Waals surface area contributed by atoms with Crippen molar-refractivity contribution in [3.8, 4) is 16.2 Å². The van der Waals surface area contributed by atoms with Gasteiger partial charge in [-0.25, -0.2) is 4.79 Å². The van der Waals surface area contributed by atoms with Crippen molar-refractivity contribution in [3.05, 3.63) is 57.8 Å². The van der Waals surface area contributed by atoms with Crippen LogP contribution in [-0.4, -0.2) is 24.6 Å². The number of anilines is 1. The van der Waals surface area contributed by atoms with E-state index in [2.05, 4.69) is 5.32 Å². The number of hydrogen-bond donors (Lipinski definition) is 1. The van der Waals surface area contributed by atoms with Gasteiger partial charge < -0.3 is 14.8 Å². The Bertz CT molecular complexity index is 989. The lowest BCUT2D eigenvalue weighted by atomic mass is 10.1. The zero-order valence-corrected chi connectivity index (χ0v) is 18.4. The molecule has 0 unspecified atom stereocenters. The largest absolute Gasteiger partial charge is 0.491 e. The van der Waals surface area contributed by atoms with Gasteiger partial charge in [0, 0.05) is 20.9 Å². The van der Waals surface area contributed by atoms with Crippen molar-refractivity contribution in [2.45, 2.75) is 33.8 Å². The molecule has 0 aliphatic carbocycles. The average molecular weight is 430 g/mol. The van der Waals surface area contributed by atoms with Gasteiger partial charge in [-0.15, -0.1) is 22.7 Å². The Balaban J connectivity index is 1.91. The van der Waals surface area contributed by atoms with E-state index in [1.165, 1.54) is 11.3 Å². The lowest BCUT2D eigenvalue weighted by Crippen LogP contribution is -2.15. The molecule has 152 valence electrons. The minimum Gasteiger partial charge on any atom is -0.491 e. The minimum absolute atomic E-state index is 0.0616. The summed E-state index contributed by atoms with van der Waals surface area (Å²) in [4.78, 5) is 27.4. The van der Waals surface area contributed by atoms with Crippen LogP contribution in [0.4, 0.5) is 5.00 Å². The number of carbonyl (C=O) groups excluding carboxylic acids is 2. The van der Waals surface area contributed by atoms with E-state index in [0.717, 1.165) is 15.3 Å². The van der Waals surface area contributed by atoms with E-state index in [1.807, 2.05) is 38.3 Å². The molecule has 0 atom stereocenters. The van der Waals surface area contributed by atoms with Crippen LogP contribution in [0, 0.1) is 6.92 Å². The third kappa shape index (κ3) is 4.86. The Hall–Kier alpha value is -2.64. The summed E-state index contributed by atoms with van der Waals surface area (Å²) in [6.07, 6.45) is 0.0616. The van der Waals surface area contributed by atoms with Gasteiger partial charge >= 0.3 is 5.97 Å². The summed E-state index contributed by atoms with van der Waals surface area (Å²) < 4.78 is 10.9. The molecule has 2 aromatic heterocycles. The van der Waals surface area contributed by atoms with Crippen LogP contribution in [-0.2, 0) is 4.74 Å². The highest BCUT2D eigenvalue weighted by atomic mass is 32.1. The molecule has 3 aromatic rings. The predicted octanol–water partition coefficient (Wildman–Crippen LogP) is 6.00. The van der Waals surface area contributed by atoms with Gasteiger partial charge in [0.1, 0.15) is 16.3 Å². The molecule has 0 spiro atoms. The second-order valence-electron chi connectivity index (χ2n) is 6.58. The van der Waals surface area contributed by atoms with Crippen LogP contribution in [0.5, 0.6) is 5.75 Å². The van der Waals surface area contributed by atoms with Crippen LogP contribution in [0.2, 0.25) is 0 Å². The zero-order valence-electron chi connectivity index (χ0n) is 16.8. The van der Waals surface area contributed by atoms with Crippen molar-refractivity contribution < 1.29 is 19.1 Å². The molecule has 7 heteroatoms. The number of rotatable bonds is 7. The molecule has 0 saturated heterocycles. The fourth-order valence-corrected chi connectivity index (χ4v) is 4.83. The first-order valence-corrected chi connectivity index (χ1v) is 11.0. The van der Waals surface area contributed by atoms with E-state index in [1.54, 1.807) is 42.5 Å². The van der Waals surface area contributed by atoms with Crippen molar-refractivity contribution in [3.63, 3.8) is 0 Å². The molecule has 0 aliphatic rings. The average Bonchev–Trinajstić information content (AvgIpc) is 3.29. The van der Waals surface area contributed by atoms with E-state index in [4.69, 9.17) is 9.47 Å². The fraction of sp³-hybridized carbons (Fsp3) is 0.273. The van der Waals surface area contributed by atoms with Crippen molar-refractivity contribution in [1.29, 1.82) is 0 Å². The van der Waals surface area contributed by atoms with Crippen LogP contribution >= 0.6 is 22.7 Å². The van der Waals surface area contributed by atoms with Crippen LogP contribution in [0.15, 0.2) is 41.8 Å². The van der Waals surface area contributed by atoms with Crippen molar-refractivity contribution in [2.75, 3.05) is 11.9 Å². The SMILES string of the molecule is CCOC(=O)c1c(NC(=O)c2ccc(OC(C)C)cc2)sc(C)c1-c1cccs1. The van der Waals surface area contributed by atoms with Gasteiger partial charge in [0.25, 0.3) is 5.91 Å². The van der Waals surface area contributed by atoms with Gasteiger partial charge in [-0.2, -0.15) is 0 Å². The topological polar surface area (TPSA) is 64.6 Å². The summed E-state index contributed by atoms with van der Waals surface area (Å²) in [6.45, 7) is 7.86. The van der Waals surface area contributed by atoms with Gasteiger partial charge in [0.05, 0.1) is 12.7 Å². The molecule has 2 heterocycles. The Morgan fingerprint density at radius 3 is 2.45 bits per heavy atom. The lowest BCUT2D eigenvalue weighted by Gasteiger charge is -2.10. The minimum atomic E-state index is -0.434. The highest BCUT2D eigenvalue weighted by Gasteiger charge is 2.26. The van der Waals surface area contributed by atoms with E-state index in [-0.39, 0.29) is 18.6 Å². The van der Waals surface area contributed by atoms with Gasteiger partial charge in [-0.05, 0) is 63.4 Å². The first-order chi connectivity index (χ1) is 13.9. The molecule has 3 rings (SSSR count). The summed E-state index contributed by atoms with van der Waals surface area (Å²) in [7, 11) is 0. The third-order valence-electron chi connectivity index (χ3n) is 4.05. The molecule has 1 N–H and O–H groups in total. The molecule has 0 aliphatic heterocycles. The molecular weight excluding hydrogens is 406 g/mol. The number of ether oxygens (including phenoxy) is 2. The Morgan fingerprint density at radius 1 is 1.14 bits per heavy atom. The molecule has 0 fully saturated rings. The molecule has 0 bridgehead atoms. The maximum absolute atomic E-state index is 12.8. The Labute approximate surface area is 178 Å². The maximum Gasteiger partial charge on any atom is 0.341 e. The van der Waals surface area contributed by atoms with Crippen LogP contribution < -0.4 is 10.1 Å². The van der Waals surface area contributed by atoms with Crippen molar-refractivity contribution in [1.82, 2.24) is 0 Å². The van der Waals surface area contributed by atoms with E-state index in [9.17, 15) is 9.59 Å². The van der Waals surface area contributed by atoms with Crippen LogP contribution in [0.25, 0.3) is 10.4 Å². The first-order valence-electron chi connectivity index (χ1n) is 9.33. The maximum atomic E-state index is 12.8. The molecular formula is C22H23NO4S2. The van der Waals surface area contributed by atoms with Gasteiger partial charge in [0.15, 0.2) is 0 Å². The molecule has 5 nitrogen and oxygen atoms in total. The summed E-state index contributed by atoms with van der Waals surface area (Å²) >= 11 is 2.92. The van der Waals surface area contributed by atoms with Crippen LogP contribution in [0.3, 0.4) is 0 Å². The number of carbonyl (C=O) groups is 2. The van der Waals surface area contributed by atoms with Crippen molar-refractivity contribution >= 4 is 39.6 Å². The highest BCUT2D eigenvalue weighted by molar-refractivity contribution is 7.18. The van der Waals surface area contributed by atoms with E-state index < -0.39 is 5.97 Å². The van der Waals surface area contributed by atoms with Gasteiger partial charge in [-0.3, -0.25) is 4.79 Å². The normalized spacial score (nSPS) is 10.8. The van der Waals surface area contributed by atoms with Gasteiger partial charge in [-0.1, -0.05) is 6.07 Å². The third-order valence-corrected chi connectivity index (χ3v) is 5.95. The number of benzene rings is 1. The van der Waals surface area contributed by atoms with Crippen molar-refractivity contribution in [2.24, 2.45) is 0 Å². The second kappa shape index (κ2) is 9.24. The molecule has 0 radical (unpaired) electrons. The van der Waals surface area contributed by atoms with Gasteiger partial charge in [0.2, 0.25) is 0 Å². The number of esters is 1. The fourth-order valence-electron chi connectivity index (χ4n) is 2.88. The monoisotopic (exact) mass is 429 g/mol. The molecule has 1 aromatic carbocycles. The summed E-state index contributed by atoms with van der Waals surface area (Å²) in [5.74, 6) is -0.0161. The molecule has 1 amide bonds. The molecule has 0 saturated carbocycles. The number of aryl methyl sites for hydroxylation is 1. The van der Waals surface area contributed by atoms with E-state index in [0.29, 0.717) is 21.9 Å². The number of hydrogen-bond acceptors (Lipinski definition) is 6. The smallest absolute Gasteiger partial charge is 0.341 e. The first kappa shape index (κ1) is 21.1. The number of thiophene rings is 2. The standard InChI is InChI=1S/C22H23NO4S2/c1-5-26-22(25)19-18(17-7-6-12-28-17)14(4)29-21(19)23-20(24)15-8-10-16(11-9-15)27-13(2)3/h6-13H,5H2,1-4H3,(H,23,24). The summed E-state index contributed by atoms with van der Waals surface area (Å²) in [5.41, 5.74) is 1.71. The van der Waals surface area contributed by atoms with E-state index >= 15 is 0 Å². The number of amides is 1.